The monoisotopic (exact) mass is 223 g/mol. The van der Waals surface area contributed by atoms with E-state index in [4.69, 9.17) is 11.6 Å². The minimum atomic E-state index is 0.624. The molecule has 2 heteroatoms. The summed E-state index contributed by atoms with van der Waals surface area (Å²) in [4.78, 5) is 0. The van der Waals surface area contributed by atoms with Crippen LogP contribution in [0.15, 0.2) is 18.2 Å². The van der Waals surface area contributed by atoms with Gasteiger partial charge in [-0.1, -0.05) is 30.7 Å². The molecule has 1 aromatic rings. The summed E-state index contributed by atoms with van der Waals surface area (Å²) < 4.78 is 0. The van der Waals surface area contributed by atoms with Crippen molar-refractivity contribution in [3.63, 3.8) is 0 Å². The van der Waals surface area contributed by atoms with Crippen LogP contribution in [-0.2, 0) is 0 Å². The number of benzene rings is 1. The van der Waals surface area contributed by atoms with Crippen molar-refractivity contribution >= 4 is 11.6 Å². The predicted octanol–water partition coefficient (Wildman–Crippen LogP) is 3.36. The zero-order valence-electron chi connectivity index (χ0n) is 9.39. The molecule has 15 heavy (non-hydrogen) atoms. The first-order valence-corrected chi connectivity index (χ1v) is 6.03. The van der Waals surface area contributed by atoms with Crippen molar-refractivity contribution in [2.75, 3.05) is 13.1 Å². The highest BCUT2D eigenvalue weighted by molar-refractivity contribution is 6.31. The van der Waals surface area contributed by atoms with Crippen LogP contribution in [0, 0.1) is 12.8 Å². The van der Waals surface area contributed by atoms with Crippen LogP contribution < -0.4 is 5.32 Å². The van der Waals surface area contributed by atoms with Crippen LogP contribution in [0.1, 0.15) is 30.4 Å². The first-order chi connectivity index (χ1) is 7.18. The van der Waals surface area contributed by atoms with E-state index in [1.165, 1.54) is 17.5 Å². The molecule has 1 heterocycles. The minimum Gasteiger partial charge on any atom is -0.316 e. The molecule has 0 unspecified atom stereocenters. The second kappa shape index (κ2) is 4.54. The van der Waals surface area contributed by atoms with Crippen LogP contribution in [0.4, 0.5) is 0 Å². The van der Waals surface area contributed by atoms with Gasteiger partial charge < -0.3 is 5.32 Å². The van der Waals surface area contributed by atoms with Crippen LogP contribution >= 0.6 is 11.6 Å². The summed E-state index contributed by atoms with van der Waals surface area (Å²) in [5.74, 6) is 1.30. The van der Waals surface area contributed by atoms with E-state index < -0.39 is 0 Å². The summed E-state index contributed by atoms with van der Waals surface area (Å²) in [6.45, 7) is 6.60. The van der Waals surface area contributed by atoms with Gasteiger partial charge in [-0.2, -0.15) is 0 Å². The normalized spacial score (nSPS) is 26.6. The van der Waals surface area contributed by atoms with E-state index >= 15 is 0 Å². The Labute approximate surface area is 96.8 Å². The molecule has 0 aliphatic carbocycles. The fourth-order valence-corrected chi connectivity index (χ4v) is 2.78. The lowest BCUT2D eigenvalue weighted by molar-refractivity contribution is 0.349. The fourth-order valence-electron chi connectivity index (χ4n) is 2.41. The molecule has 2 rings (SSSR count). The van der Waals surface area contributed by atoms with E-state index in [1.807, 2.05) is 0 Å². The van der Waals surface area contributed by atoms with Gasteiger partial charge in [-0.3, -0.25) is 0 Å². The van der Waals surface area contributed by atoms with Gasteiger partial charge in [0.05, 0.1) is 0 Å². The lowest BCUT2D eigenvalue weighted by Crippen LogP contribution is -2.33. The Bertz CT molecular complexity index is 348. The van der Waals surface area contributed by atoms with Gasteiger partial charge in [0.1, 0.15) is 0 Å². The van der Waals surface area contributed by atoms with Gasteiger partial charge >= 0.3 is 0 Å². The average Bonchev–Trinajstić information content (AvgIpc) is 2.20. The van der Waals surface area contributed by atoms with Crippen molar-refractivity contribution in [1.29, 1.82) is 0 Å². The van der Waals surface area contributed by atoms with Crippen molar-refractivity contribution in [2.45, 2.75) is 26.2 Å². The standard InChI is InChI=1S/C13H18ClN/c1-9-3-4-12(13(14)7-9)11-5-6-15-8-10(11)2/h3-4,7,10-11,15H,5-6,8H2,1-2H3/t10-,11+/m0/s1. The number of hydrogen-bond donors (Lipinski definition) is 1. The summed E-state index contributed by atoms with van der Waals surface area (Å²) in [6.07, 6.45) is 1.20. The molecule has 1 fully saturated rings. The lowest BCUT2D eigenvalue weighted by atomic mass is 9.82. The molecular weight excluding hydrogens is 206 g/mol. The SMILES string of the molecule is Cc1ccc([C@@H]2CCNC[C@@H]2C)c(Cl)c1. The molecule has 1 nitrogen and oxygen atoms in total. The lowest BCUT2D eigenvalue weighted by Gasteiger charge is -2.30. The summed E-state index contributed by atoms with van der Waals surface area (Å²) in [5.41, 5.74) is 2.57. The highest BCUT2D eigenvalue weighted by Crippen LogP contribution is 2.34. The maximum absolute atomic E-state index is 6.31. The molecule has 82 valence electrons. The van der Waals surface area contributed by atoms with E-state index in [-0.39, 0.29) is 0 Å². The Morgan fingerprint density at radius 2 is 2.20 bits per heavy atom. The first kappa shape index (κ1) is 11.0. The Balaban J connectivity index is 2.27. The Kier molecular flexibility index (Phi) is 3.32. The third kappa shape index (κ3) is 2.35. The largest absolute Gasteiger partial charge is 0.316 e. The van der Waals surface area contributed by atoms with E-state index in [2.05, 4.69) is 37.4 Å². The molecule has 0 aromatic heterocycles. The van der Waals surface area contributed by atoms with Crippen molar-refractivity contribution < 1.29 is 0 Å². The third-order valence-electron chi connectivity index (χ3n) is 3.34. The van der Waals surface area contributed by atoms with Crippen LogP contribution in [0.2, 0.25) is 5.02 Å². The Hall–Kier alpha value is -0.530. The summed E-state index contributed by atoms with van der Waals surface area (Å²) in [5, 5.41) is 4.36. The first-order valence-electron chi connectivity index (χ1n) is 5.65. The molecule has 0 spiro atoms. The molecule has 1 aliphatic heterocycles. The number of nitrogens with one attached hydrogen (secondary N) is 1. The third-order valence-corrected chi connectivity index (χ3v) is 3.67. The molecule has 1 aromatic carbocycles. The zero-order valence-corrected chi connectivity index (χ0v) is 10.1. The van der Waals surface area contributed by atoms with E-state index in [0.717, 1.165) is 18.1 Å². The van der Waals surface area contributed by atoms with Crippen molar-refractivity contribution in [1.82, 2.24) is 5.32 Å². The number of piperidine rings is 1. The molecule has 1 N–H and O–H groups in total. The fraction of sp³-hybridized carbons (Fsp3) is 0.538. The topological polar surface area (TPSA) is 12.0 Å². The highest BCUT2D eigenvalue weighted by Gasteiger charge is 2.24. The van der Waals surface area contributed by atoms with Gasteiger partial charge in [0.2, 0.25) is 0 Å². The maximum atomic E-state index is 6.31. The smallest absolute Gasteiger partial charge is 0.0443 e. The summed E-state index contributed by atoms with van der Waals surface area (Å²) in [6, 6.07) is 6.44. The second-order valence-corrected chi connectivity index (χ2v) is 5.01. The number of hydrogen-bond acceptors (Lipinski definition) is 1. The molecule has 0 bridgehead atoms. The molecule has 1 aliphatic rings. The second-order valence-electron chi connectivity index (χ2n) is 4.60. The zero-order chi connectivity index (χ0) is 10.8. The van der Waals surface area contributed by atoms with E-state index in [1.54, 1.807) is 0 Å². The average molecular weight is 224 g/mol. The van der Waals surface area contributed by atoms with Gasteiger partial charge in [-0.15, -0.1) is 0 Å². The van der Waals surface area contributed by atoms with Gasteiger partial charge in [0.15, 0.2) is 0 Å². The van der Waals surface area contributed by atoms with Crippen molar-refractivity contribution in [3.8, 4) is 0 Å². The molecule has 2 atom stereocenters. The van der Waals surface area contributed by atoms with E-state index in [0.29, 0.717) is 11.8 Å². The maximum Gasteiger partial charge on any atom is 0.0443 e. The van der Waals surface area contributed by atoms with Crippen molar-refractivity contribution in [3.05, 3.63) is 34.3 Å². The quantitative estimate of drug-likeness (QED) is 0.770. The van der Waals surface area contributed by atoms with Crippen LogP contribution in [0.5, 0.6) is 0 Å². The molecule has 0 radical (unpaired) electrons. The Morgan fingerprint density at radius 1 is 1.40 bits per heavy atom. The van der Waals surface area contributed by atoms with Crippen molar-refractivity contribution in [2.24, 2.45) is 5.92 Å². The summed E-state index contributed by atoms with van der Waals surface area (Å²) in [7, 11) is 0. The summed E-state index contributed by atoms with van der Waals surface area (Å²) >= 11 is 6.31. The predicted molar refractivity (Wildman–Crippen MR) is 65.6 cm³/mol. The number of rotatable bonds is 1. The minimum absolute atomic E-state index is 0.624. The van der Waals surface area contributed by atoms with Crippen LogP contribution in [0.25, 0.3) is 0 Å². The van der Waals surface area contributed by atoms with Crippen LogP contribution in [0.3, 0.4) is 0 Å². The molecule has 1 saturated heterocycles. The van der Waals surface area contributed by atoms with Gasteiger partial charge in [0.25, 0.3) is 0 Å². The van der Waals surface area contributed by atoms with Gasteiger partial charge in [0, 0.05) is 5.02 Å². The molecule has 0 amide bonds. The van der Waals surface area contributed by atoms with E-state index in [9.17, 15) is 0 Å². The number of halogens is 1. The molecular formula is C13H18ClN. The number of aryl methyl sites for hydroxylation is 1. The van der Waals surface area contributed by atoms with Crippen LogP contribution in [-0.4, -0.2) is 13.1 Å². The highest BCUT2D eigenvalue weighted by atomic mass is 35.5. The van der Waals surface area contributed by atoms with Gasteiger partial charge in [-0.05, 0) is 55.5 Å². The van der Waals surface area contributed by atoms with Gasteiger partial charge in [-0.25, -0.2) is 0 Å². The Morgan fingerprint density at radius 3 is 2.87 bits per heavy atom. The molecule has 0 saturated carbocycles.